The van der Waals surface area contributed by atoms with Crippen LogP contribution in [0.4, 0.5) is 0 Å². The molecule has 1 aliphatic rings. The van der Waals surface area contributed by atoms with E-state index in [-0.39, 0.29) is 24.6 Å². The molecule has 2 aromatic heterocycles. The van der Waals surface area contributed by atoms with Gasteiger partial charge < -0.3 is 23.9 Å². The molecule has 3 rings (SSSR count). The SMILES string of the molecule is Cc1noc(C)c1CO[C@H]1CCOC[C@H]1NC(=O)Cn1ccnc1. The first kappa shape index (κ1) is 16.7. The Hall–Kier alpha value is -2.19. The number of imidazole rings is 1. The molecule has 0 aromatic carbocycles. The van der Waals surface area contributed by atoms with Crippen LogP contribution in [0.15, 0.2) is 23.2 Å². The standard InChI is InChI=1S/C16H22N4O4/c1-11-13(12(2)24-19-11)8-23-15-3-6-22-9-14(15)18-16(21)7-20-5-4-17-10-20/h4-5,10,14-15H,3,6-9H2,1-2H3,(H,18,21)/t14-,15+/m1/s1. The molecule has 24 heavy (non-hydrogen) atoms. The van der Waals surface area contributed by atoms with Gasteiger partial charge in [0.1, 0.15) is 12.3 Å². The number of ether oxygens (including phenoxy) is 2. The second kappa shape index (κ2) is 7.59. The first-order valence-electron chi connectivity index (χ1n) is 7.99. The van der Waals surface area contributed by atoms with Gasteiger partial charge in [-0.3, -0.25) is 4.79 Å². The topological polar surface area (TPSA) is 91.4 Å². The van der Waals surface area contributed by atoms with Gasteiger partial charge in [0.2, 0.25) is 5.91 Å². The van der Waals surface area contributed by atoms with Crippen LogP contribution in [0.2, 0.25) is 0 Å². The highest BCUT2D eigenvalue weighted by Gasteiger charge is 2.28. The largest absolute Gasteiger partial charge is 0.379 e. The van der Waals surface area contributed by atoms with Crippen LogP contribution in [0.25, 0.3) is 0 Å². The molecule has 1 fully saturated rings. The van der Waals surface area contributed by atoms with E-state index in [0.717, 1.165) is 23.4 Å². The summed E-state index contributed by atoms with van der Waals surface area (Å²) in [6.45, 7) is 5.48. The molecule has 1 N–H and O–H groups in total. The first-order valence-corrected chi connectivity index (χ1v) is 7.99. The third kappa shape index (κ3) is 4.01. The Labute approximate surface area is 140 Å². The maximum absolute atomic E-state index is 12.2. The average molecular weight is 334 g/mol. The van der Waals surface area contributed by atoms with Crippen molar-refractivity contribution in [1.82, 2.24) is 20.0 Å². The lowest BCUT2D eigenvalue weighted by Crippen LogP contribution is -2.51. The minimum absolute atomic E-state index is 0.0885. The van der Waals surface area contributed by atoms with Gasteiger partial charge in [0.25, 0.3) is 0 Å². The van der Waals surface area contributed by atoms with Crippen molar-refractivity contribution in [3.63, 3.8) is 0 Å². The van der Waals surface area contributed by atoms with E-state index in [1.165, 1.54) is 0 Å². The normalized spacial score (nSPS) is 20.9. The predicted octanol–water partition coefficient (Wildman–Crippen LogP) is 0.978. The van der Waals surface area contributed by atoms with Crippen molar-refractivity contribution in [2.45, 2.75) is 45.6 Å². The van der Waals surface area contributed by atoms with E-state index < -0.39 is 0 Å². The maximum Gasteiger partial charge on any atom is 0.240 e. The second-order valence-corrected chi connectivity index (χ2v) is 5.92. The molecule has 2 atom stereocenters. The molecule has 3 heterocycles. The zero-order valence-electron chi connectivity index (χ0n) is 13.9. The van der Waals surface area contributed by atoms with Crippen molar-refractivity contribution >= 4 is 5.91 Å². The molecule has 0 unspecified atom stereocenters. The summed E-state index contributed by atoms with van der Waals surface area (Å²) in [5.74, 6) is 0.676. The van der Waals surface area contributed by atoms with E-state index in [2.05, 4.69) is 15.5 Å². The molecule has 8 nitrogen and oxygen atoms in total. The lowest BCUT2D eigenvalue weighted by Gasteiger charge is -2.32. The zero-order chi connectivity index (χ0) is 16.9. The third-order valence-electron chi connectivity index (χ3n) is 4.15. The van der Waals surface area contributed by atoms with Crippen LogP contribution in [0.3, 0.4) is 0 Å². The molecule has 2 aromatic rings. The Balaban J connectivity index is 1.56. The quantitative estimate of drug-likeness (QED) is 0.847. The molecule has 0 radical (unpaired) electrons. The number of aryl methyl sites for hydroxylation is 2. The lowest BCUT2D eigenvalue weighted by molar-refractivity contribution is -0.127. The number of nitrogens with one attached hydrogen (secondary N) is 1. The van der Waals surface area contributed by atoms with Crippen LogP contribution >= 0.6 is 0 Å². The Morgan fingerprint density at radius 2 is 2.38 bits per heavy atom. The molecule has 1 saturated heterocycles. The van der Waals surface area contributed by atoms with Crippen LogP contribution in [0.5, 0.6) is 0 Å². The van der Waals surface area contributed by atoms with E-state index in [4.69, 9.17) is 14.0 Å². The molecule has 130 valence electrons. The highest BCUT2D eigenvalue weighted by Crippen LogP contribution is 2.18. The minimum atomic E-state index is -0.171. The van der Waals surface area contributed by atoms with Gasteiger partial charge in [-0.15, -0.1) is 0 Å². The van der Waals surface area contributed by atoms with Gasteiger partial charge >= 0.3 is 0 Å². The van der Waals surface area contributed by atoms with Crippen LogP contribution in [0.1, 0.15) is 23.4 Å². The van der Waals surface area contributed by atoms with Crippen molar-refractivity contribution in [1.29, 1.82) is 0 Å². The fraction of sp³-hybridized carbons (Fsp3) is 0.562. The zero-order valence-corrected chi connectivity index (χ0v) is 13.9. The van der Waals surface area contributed by atoms with Gasteiger partial charge in [0, 0.05) is 24.6 Å². The van der Waals surface area contributed by atoms with Crippen LogP contribution < -0.4 is 5.32 Å². The summed E-state index contributed by atoms with van der Waals surface area (Å²) in [5.41, 5.74) is 1.80. The van der Waals surface area contributed by atoms with Gasteiger partial charge in [-0.2, -0.15) is 0 Å². The molecule has 1 aliphatic heterocycles. The minimum Gasteiger partial charge on any atom is -0.379 e. The van der Waals surface area contributed by atoms with Crippen LogP contribution in [0, 0.1) is 13.8 Å². The summed E-state index contributed by atoms with van der Waals surface area (Å²) < 4.78 is 18.4. The molecule has 0 bridgehead atoms. The molecular formula is C16H22N4O4. The number of carbonyl (C=O) groups excluding carboxylic acids is 1. The highest BCUT2D eigenvalue weighted by molar-refractivity contribution is 5.76. The number of nitrogens with zero attached hydrogens (tertiary/aromatic N) is 3. The third-order valence-corrected chi connectivity index (χ3v) is 4.15. The predicted molar refractivity (Wildman–Crippen MR) is 84.1 cm³/mol. The Morgan fingerprint density at radius 3 is 3.08 bits per heavy atom. The number of aromatic nitrogens is 3. The molecule has 0 spiro atoms. The Morgan fingerprint density at radius 1 is 1.50 bits per heavy atom. The molecule has 8 heteroatoms. The number of carbonyl (C=O) groups is 1. The molecule has 1 amide bonds. The number of hydrogen-bond donors (Lipinski definition) is 1. The van der Waals surface area contributed by atoms with Crippen molar-refractivity contribution in [3.05, 3.63) is 35.7 Å². The van der Waals surface area contributed by atoms with Crippen LogP contribution in [-0.4, -0.2) is 46.0 Å². The highest BCUT2D eigenvalue weighted by atomic mass is 16.5. The molecular weight excluding hydrogens is 312 g/mol. The summed E-state index contributed by atoms with van der Waals surface area (Å²) in [7, 11) is 0. The van der Waals surface area contributed by atoms with E-state index in [9.17, 15) is 4.79 Å². The summed E-state index contributed by atoms with van der Waals surface area (Å²) in [6.07, 6.45) is 5.65. The molecule has 0 aliphatic carbocycles. The number of amides is 1. The van der Waals surface area contributed by atoms with E-state index in [0.29, 0.717) is 19.8 Å². The summed E-state index contributed by atoms with van der Waals surface area (Å²) in [4.78, 5) is 16.1. The van der Waals surface area contributed by atoms with Gasteiger partial charge in [-0.25, -0.2) is 4.98 Å². The Kier molecular flexibility index (Phi) is 5.27. The number of rotatable bonds is 6. The van der Waals surface area contributed by atoms with Gasteiger partial charge in [0.05, 0.1) is 37.4 Å². The van der Waals surface area contributed by atoms with Crippen molar-refractivity contribution in [2.24, 2.45) is 0 Å². The smallest absolute Gasteiger partial charge is 0.240 e. The molecule has 0 saturated carbocycles. The fourth-order valence-corrected chi connectivity index (χ4v) is 2.75. The second-order valence-electron chi connectivity index (χ2n) is 5.92. The van der Waals surface area contributed by atoms with Gasteiger partial charge in [-0.05, 0) is 20.3 Å². The lowest BCUT2D eigenvalue weighted by atomic mass is 10.1. The van der Waals surface area contributed by atoms with Crippen LogP contribution in [-0.2, 0) is 27.4 Å². The van der Waals surface area contributed by atoms with E-state index >= 15 is 0 Å². The monoisotopic (exact) mass is 334 g/mol. The van der Waals surface area contributed by atoms with E-state index in [1.54, 1.807) is 23.3 Å². The summed E-state index contributed by atoms with van der Waals surface area (Å²) >= 11 is 0. The van der Waals surface area contributed by atoms with E-state index in [1.807, 2.05) is 13.8 Å². The summed E-state index contributed by atoms with van der Waals surface area (Å²) in [6, 6.07) is -0.171. The van der Waals surface area contributed by atoms with Gasteiger partial charge in [0.15, 0.2) is 0 Å². The average Bonchev–Trinajstić information content (AvgIpc) is 3.17. The number of hydrogen-bond acceptors (Lipinski definition) is 6. The van der Waals surface area contributed by atoms with Crippen molar-refractivity contribution in [3.8, 4) is 0 Å². The Bertz CT molecular complexity index is 648. The van der Waals surface area contributed by atoms with Crippen molar-refractivity contribution < 1.29 is 18.8 Å². The van der Waals surface area contributed by atoms with Gasteiger partial charge in [-0.1, -0.05) is 5.16 Å². The summed E-state index contributed by atoms with van der Waals surface area (Å²) in [5, 5.41) is 6.92. The maximum atomic E-state index is 12.2. The first-order chi connectivity index (χ1) is 11.6. The fourth-order valence-electron chi connectivity index (χ4n) is 2.75. The van der Waals surface area contributed by atoms with Crippen molar-refractivity contribution in [2.75, 3.05) is 13.2 Å².